The maximum absolute atomic E-state index is 5.54. The van der Waals surface area contributed by atoms with Gasteiger partial charge < -0.3 is 15.6 Å². The zero-order valence-corrected chi connectivity index (χ0v) is 16.2. The Morgan fingerprint density at radius 2 is 1.92 bits per heavy atom. The van der Waals surface area contributed by atoms with Crippen molar-refractivity contribution < 1.29 is 0 Å². The van der Waals surface area contributed by atoms with Crippen LogP contribution in [-0.4, -0.2) is 24.2 Å². The van der Waals surface area contributed by atoms with E-state index in [0.717, 1.165) is 32.5 Å². The summed E-state index contributed by atoms with van der Waals surface area (Å²) < 4.78 is 3.75. The molecule has 1 heterocycles. The Morgan fingerprint density at radius 3 is 2.71 bits per heavy atom. The summed E-state index contributed by atoms with van der Waals surface area (Å²) in [6.07, 6.45) is 12.6. The van der Waals surface area contributed by atoms with Gasteiger partial charge in [0.2, 0.25) is 0 Å². The molecule has 3 rings (SSSR count). The molecule has 0 radical (unpaired) electrons. The molecule has 3 N–H and O–H groups in total. The maximum atomic E-state index is 5.54. The summed E-state index contributed by atoms with van der Waals surface area (Å²) in [7, 11) is 0. The van der Waals surface area contributed by atoms with E-state index < -0.39 is 0 Å². The van der Waals surface area contributed by atoms with Crippen molar-refractivity contribution in [3.8, 4) is 0 Å². The van der Waals surface area contributed by atoms with Crippen LogP contribution >= 0.6 is 15.9 Å². The molecule has 1 aliphatic rings. The number of hydrogen-bond acceptors (Lipinski definition) is 2. The SMILES string of the molecule is NCCCNCCCc1cn(C2CCCCC2)c2ccc(Br)cc12. The van der Waals surface area contributed by atoms with Crippen LogP contribution in [0.2, 0.25) is 0 Å². The van der Waals surface area contributed by atoms with Crippen molar-refractivity contribution in [1.29, 1.82) is 0 Å². The molecule has 4 heteroatoms. The van der Waals surface area contributed by atoms with Gasteiger partial charge in [-0.05, 0) is 75.5 Å². The molecule has 132 valence electrons. The Bertz CT molecular complexity index is 644. The lowest BCUT2D eigenvalue weighted by Gasteiger charge is -2.24. The average Bonchev–Trinajstić information content (AvgIpc) is 2.96. The van der Waals surface area contributed by atoms with Crippen LogP contribution in [0, 0.1) is 0 Å². The molecule has 1 aromatic carbocycles. The molecule has 0 aliphatic heterocycles. The first-order chi connectivity index (χ1) is 11.8. The molecule has 3 nitrogen and oxygen atoms in total. The number of fused-ring (bicyclic) bond motifs is 1. The molecular formula is C20H30BrN3. The lowest BCUT2D eigenvalue weighted by Crippen LogP contribution is -2.19. The van der Waals surface area contributed by atoms with Gasteiger partial charge in [0.25, 0.3) is 0 Å². The van der Waals surface area contributed by atoms with Gasteiger partial charge in [0.05, 0.1) is 0 Å². The van der Waals surface area contributed by atoms with Crippen molar-refractivity contribution in [1.82, 2.24) is 9.88 Å². The quantitative estimate of drug-likeness (QED) is 0.635. The van der Waals surface area contributed by atoms with Gasteiger partial charge in [-0.1, -0.05) is 35.2 Å². The Labute approximate surface area is 154 Å². The molecule has 1 aromatic heterocycles. The van der Waals surface area contributed by atoms with E-state index in [1.807, 2.05) is 0 Å². The predicted octanol–water partition coefficient (Wildman–Crippen LogP) is 4.78. The monoisotopic (exact) mass is 391 g/mol. The second kappa shape index (κ2) is 9.02. The van der Waals surface area contributed by atoms with Crippen LogP contribution in [0.3, 0.4) is 0 Å². The number of aromatic nitrogens is 1. The second-order valence-corrected chi connectivity index (χ2v) is 7.93. The highest BCUT2D eigenvalue weighted by Crippen LogP contribution is 2.34. The highest BCUT2D eigenvalue weighted by Gasteiger charge is 2.18. The van der Waals surface area contributed by atoms with E-state index in [-0.39, 0.29) is 0 Å². The topological polar surface area (TPSA) is 43.0 Å². The summed E-state index contributed by atoms with van der Waals surface area (Å²) in [5, 5.41) is 4.92. The third-order valence-corrected chi connectivity index (χ3v) is 5.70. The summed E-state index contributed by atoms with van der Waals surface area (Å²) in [5.74, 6) is 0. The third kappa shape index (κ3) is 4.41. The van der Waals surface area contributed by atoms with Gasteiger partial charge in [0, 0.05) is 27.6 Å². The average molecular weight is 392 g/mol. The van der Waals surface area contributed by atoms with E-state index in [1.165, 1.54) is 59.5 Å². The molecular weight excluding hydrogens is 362 g/mol. The Hall–Kier alpha value is -0.840. The summed E-state index contributed by atoms with van der Waals surface area (Å²) in [6, 6.07) is 7.46. The van der Waals surface area contributed by atoms with Crippen LogP contribution in [0.25, 0.3) is 10.9 Å². The minimum atomic E-state index is 0.693. The molecule has 0 amide bonds. The number of hydrogen-bond donors (Lipinski definition) is 2. The van der Waals surface area contributed by atoms with Crippen LogP contribution in [0.1, 0.15) is 56.6 Å². The van der Waals surface area contributed by atoms with Crippen LogP contribution in [0.4, 0.5) is 0 Å². The summed E-state index contributed by atoms with van der Waals surface area (Å²) in [4.78, 5) is 0. The third-order valence-electron chi connectivity index (χ3n) is 5.20. The van der Waals surface area contributed by atoms with E-state index in [1.54, 1.807) is 0 Å². The van der Waals surface area contributed by atoms with Crippen molar-refractivity contribution in [2.45, 2.75) is 57.4 Å². The van der Waals surface area contributed by atoms with E-state index in [2.05, 4.69) is 50.2 Å². The number of nitrogens with zero attached hydrogens (tertiary/aromatic N) is 1. The number of nitrogens with one attached hydrogen (secondary N) is 1. The first kappa shape index (κ1) is 18.0. The van der Waals surface area contributed by atoms with Crippen molar-refractivity contribution in [2.24, 2.45) is 5.73 Å². The van der Waals surface area contributed by atoms with Crippen molar-refractivity contribution >= 4 is 26.8 Å². The zero-order valence-electron chi connectivity index (χ0n) is 14.6. The molecule has 0 atom stereocenters. The molecule has 0 bridgehead atoms. The zero-order chi connectivity index (χ0) is 16.8. The van der Waals surface area contributed by atoms with Gasteiger partial charge in [-0.15, -0.1) is 0 Å². The number of nitrogens with two attached hydrogens (primary N) is 1. The minimum Gasteiger partial charge on any atom is -0.344 e. The molecule has 0 unspecified atom stereocenters. The number of rotatable bonds is 8. The normalized spacial score (nSPS) is 16.1. The molecule has 1 saturated carbocycles. The van der Waals surface area contributed by atoms with Gasteiger partial charge in [-0.2, -0.15) is 0 Å². The predicted molar refractivity (Wildman–Crippen MR) is 107 cm³/mol. The summed E-state index contributed by atoms with van der Waals surface area (Å²) in [6.45, 7) is 2.88. The molecule has 1 fully saturated rings. The van der Waals surface area contributed by atoms with Crippen LogP contribution in [-0.2, 0) is 6.42 Å². The minimum absolute atomic E-state index is 0.693. The molecule has 0 saturated heterocycles. The first-order valence-electron chi connectivity index (χ1n) is 9.49. The Balaban J connectivity index is 1.73. The van der Waals surface area contributed by atoms with Gasteiger partial charge in [0.1, 0.15) is 0 Å². The summed E-state index contributed by atoms with van der Waals surface area (Å²) >= 11 is 3.65. The fourth-order valence-corrected chi connectivity index (χ4v) is 4.28. The number of aryl methyl sites for hydroxylation is 1. The van der Waals surface area contributed by atoms with Crippen LogP contribution < -0.4 is 11.1 Å². The smallest absolute Gasteiger partial charge is 0.0486 e. The maximum Gasteiger partial charge on any atom is 0.0486 e. The van der Waals surface area contributed by atoms with Crippen molar-refractivity contribution in [3.63, 3.8) is 0 Å². The summed E-state index contributed by atoms with van der Waals surface area (Å²) in [5.41, 5.74) is 8.45. The first-order valence-corrected chi connectivity index (χ1v) is 10.3. The molecule has 1 aliphatic carbocycles. The highest BCUT2D eigenvalue weighted by atomic mass is 79.9. The molecule has 2 aromatic rings. The standard InChI is InChI=1S/C20H30BrN3/c21-17-9-10-20-19(14-17)16(6-4-12-23-13-5-11-22)15-24(20)18-7-2-1-3-8-18/h9-10,14-15,18,23H,1-8,11-13,22H2. The molecule has 24 heavy (non-hydrogen) atoms. The van der Waals surface area contributed by atoms with Crippen LogP contribution in [0.15, 0.2) is 28.9 Å². The lowest BCUT2D eigenvalue weighted by molar-refractivity contribution is 0.360. The van der Waals surface area contributed by atoms with Gasteiger partial charge >= 0.3 is 0 Å². The number of benzene rings is 1. The highest BCUT2D eigenvalue weighted by molar-refractivity contribution is 9.10. The van der Waals surface area contributed by atoms with Gasteiger partial charge in [-0.3, -0.25) is 0 Å². The largest absolute Gasteiger partial charge is 0.344 e. The van der Waals surface area contributed by atoms with Gasteiger partial charge in [-0.25, -0.2) is 0 Å². The van der Waals surface area contributed by atoms with Crippen molar-refractivity contribution in [3.05, 3.63) is 34.4 Å². The fraction of sp³-hybridized carbons (Fsp3) is 0.600. The van der Waals surface area contributed by atoms with Crippen molar-refractivity contribution in [2.75, 3.05) is 19.6 Å². The van der Waals surface area contributed by atoms with Gasteiger partial charge in [0.15, 0.2) is 0 Å². The molecule has 0 spiro atoms. The Kier molecular flexibility index (Phi) is 6.75. The second-order valence-electron chi connectivity index (χ2n) is 7.01. The van der Waals surface area contributed by atoms with E-state index in [0.29, 0.717) is 6.04 Å². The Morgan fingerprint density at radius 1 is 1.12 bits per heavy atom. The lowest BCUT2D eigenvalue weighted by atomic mass is 9.95. The van der Waals surface area contributed by atoms with E-state index in [4.69, 9.17) is 5.73 Å². The number of halogens is 1. The fourth-order valence-electron chi connectivity index (χ4n) is 3.91. The van der Waals surface area contributed by atoms with Crippen LogP contribution in [0.5, 0.6) is 0 Å². The van der Waals surface area contributed by atoms with E-state index >= 15 is 0 Å². The van der Waals surface area contributed by atoms with E-state index in [9.17, 15) is 0 Å².